The average molecular weight is 297 g/mol. The molecule has 0 atom stereocenters. The maximum Gasteiger partial charge on any atom is 0.137 e. The molecule has 1 aromatic carbocycles. The Labute approximate surface area is 129 Å². The number of anilines is 1. The lowest BCUT2D eigenvalue weighted by molar-refractivity contribution is 0.729. The molecule has 0 bridgehead atoms. The minimum Gasteiger partial charge on any atom is -0.352 e. The van der Waals surface area contributed by atoms with Crippen molar-refractivity contribution in [1.29, 1.82) is 0 Å². The summed E-state index contributed by atoms with van der Waals surface area (Å²) in [7, 11) is 0. The summed E-state index contributed by atoms with van der Waals surface area (Å²) in [5.74, 6) is 1.06. The fourth-order valence-electron chi connectivity index (χ4n) is 2.48. The van der Waals surface area contributed by atoms with E-state index in [-0.39, 0.29) is 0 Å². The van der Waals surface area contributed by atoms with Crippen LogP contribution < -0.4 is 10.6 Å². The van der Waals surface area contributed by atoms with Gasteiger partial charge in [0.1, 0.15) is 5.82 Å². The Kier molecular flexibility index (Phi) is 4.48. The summed E-state index contributed by atoms with van der Waals surface area (Å²) in [5.41, 5.74) is 6.99. The summed E-state index contributed by atoms with van der Waals surface area (Å²) in [5, 5.41) is 3.36. The van der Waals surface area contributed by atoms with E-state index in [2.05, 4.69) is 51.7 Å². The predicted octanol–water partition coefficient (Wildman–Crippen LogP) is 3.65. The summed E-state index contributed by atoms with van der Waals surface area (Å²) in [6.45, 7) is 2.49. The Balaban J connectivity index is 1.93. The Bertz CT molecular complexity index is 693. The Morgan fingerprint density at radius 2 is 1.95 bits per heavy atom. The lowest BCUT2D eigenvalue weighted by atomic mass is 10.2. The van der Waals surface area contributed by atoms with Crippen molar-refractivity contribution in [2.24, 2.45) is 5.73 Å². The Morgan fingerprint density at radius 3 is 2.76 bits per heavy atom. The molecule has 21 heavy (non-hydrogen) atoms. The maximum atomic E-state index is 5.70. The highest BCUT2D eigenvalue weighted by Gasteiger charge is 2.12. The highest BCUT2D eigenvalue weighted by molar-refractivity contribution is 7.17. The highest BCUT2D eigenvalue weighted by Crippen LogP contribution is 2.29. The zero-order valence-electron chi connectivity index (χ0n) is 11.9. The van der Waals surface area contributed by atoms with Crippen molar-refractivity contribution in [2.45, 2.75) is 13.0 Å². The van der Waals surface area contributed by atoms with Crippen molar-refractivity contribution in [3.05, 3.63) is 59.6 Å². The van der Waals surface area contributed by atoms with Crippen LogP contribution in [0, 0.1) is 0 Å². The van der Waals surface area contributed by atoms with Gasteiger partial charge in [0, 0.05) is 29.4 Å². The van der Waals surface area contributed by atoms with E-state index in [9.17, 15) is 0 Å². The number of fused-ring (bicyclic) bond motifs is 1. The van der Waals surface area contributed by atoms with Crippen LogP contribution in [0.25, 0.3) is 10.1 Å². The topological polar surface area (TPSA) is 42.1 Å². The van der Waals surface area contributed by atoms with E-state index >= 15 is 0 Å². The molecule has 0 aliphatic carbocycles. The minimum absolute atomic E-state index is 0.699. The molecule has 3 aromatic rings. The van der Waals surface area contributed by atoms with Crippen LogP contribution in [-0.4, -0.2) is 18.1 Å². The molecule has 3 rings (SSSR count). The molecular weight excluding hydrogens is 278 g/mol. The number of hydrogen-bond acceptors (Lipinski definition) is 4. The first-order valence-corrected chi connectivity index (χ1v) is 8.07. The Hall–Kier alpha value is -1.91. The van der Waals surface area contributed by atoms with Crippen molar-refractivity contribution in [2.75, 3.05) is 18.0 Å². The Morgan fingerprint density at radius 1 is 1.10 bits per heavy atom. The van der Waals surface area contributed by atoms with Gasteiger partial charge in [-0.05, 0) is 36.0 Å². The lowest BCUT2D eigenvalue weighted by Gasteiger charge is -2.24. The standard InChI is InChI=1S/C17H19N3S/c18-9-4-11-20(13-14-5-2-1-3-6-14)17-15-8-12-21-16(15)7-10-19-17/h1-3,5-8,10,12H,4,9,11,13,18H2. The van der Waals surface area contributed by atoms with E-state index < -0.39 is 0 Å². The number of pyridine rings is 1. The van der Waals surface area contributed by atoms with E-state index in [0.29, 0.717) is 6.54 Å². The third-order valence-electron chi connectivity index (χ3n) is 3.51. The van der Waals surface area contributed by atoms with E-state index in [0.717, 1.165) is 25.3 Å². The summed E-state index contributed by atoms with van der Waals surface area (Å²) in [6, 6.07) is 14.7. The average Bonchev–Trinajstić information content (AvgIpc) is 3.01. The maximum absolute atomic E-state index is 5.70. The summed E-state index contributed by atoms with van der Waals surface area (Å²) >= 11 is 1.76. The SMILES string of the molecule is NCCCN(Cc1ccccc1)c1nccc2sccc12. The van der Waals surface area contributed by atoms with Gasteiger partial charge in [-0.3, -0.25) is 0 Å². The van der Waals surface area contributed by atoms with Gasteiger partial charge in [0.15, 0.2) is 0 Å². The molecule has 0 saturated carbocycles. The third kappa shape index (κ3) is 3.23. The smallest absolute Gasteiger partial charge is 0.137 e. The first-order chi connectivity index (χ1) is 10.4. The van der Waals surface area contributed by atoms with Crippen LogP contribution in [0.3, 0.4) is 0 Å². The van der Waals surface area contributed by atoms with Crippen LogP contribution >= 0.6 is 11.3 Å². The number of rotatable bonds is 6. The van der Waals surface area contributed by atoms with E-state index in [1.54, 1.807) is 11.3 Å². The van der Waals surface area contributed by atoms with Gasteiger partial charge in [0.05, 0.1) is 0 Å². The van der Waals surface area contributed by atoms with Gasteiger partial charge in [0.2, 0.25) is 0 Å². The fourth-order valence-corrected chi connectivity index (χ4v) is 3.25. The monoisotopic (exact) mass is 297 g/mol. The van der Waals surface area contributed by atoms with Crippen molar-refractivity contribution in [3.63, 3.8) is 0 Å². The molecule has 3 nitrogen and oxygen atoms in total. The van der Waals surface area contributed by atoms with Crippen LogP contribution in [0.2, 0.25) is 0 Å². The van der Waals surface area contributed by atoms with Gasteiger partial charge in [-0.15, -0.1) is 11.3 Å². The van der Waals surface area contributed by atoms with Gasteiger partial charge in [-0.25, -0.2) is 4.98 Å². The quantitative estimate of drug-likeness (QED) is 0.755. The van der Waals surface area contributed by atoms with E-state index in [1.807, 2.05) is 12.3 Å². The highest BCUT2D eigenvalue weighted by atomic mass is 32.1. The number of nitrogens with zero attached hydrogens (tertiary/aromatic N) is 2. The summed E-state index contributed by atoms with van der Waals surface area (Å²) in [4.78, 5) is 6.95. The molecule has 108 valence electrons. The number of thiophene rings is 1. The predicted molar refractivity (Wildman–Crippen MR) is 90.8 cm³/mol. The van der Waals surface area contributed by atoms with Crippen LogP contribution in [0.4, 0.5) is 5.82 Å². The number of nitrogens with two attached hydrogens (primary N) is 1. The van der Waals surface area contributed by atoms with Crippen LogP contribution in [0.15, 0.2) is 54.0 Å². The lowest BCUT2D eigenvalue weighted by Crippen LogP contribution is -2.26. The summed E-state index contributed by atoms with van der Waals surface area (Å²) in [6.07, 6.45) is 2.86. The summed E-state index contributed by atoms with van der Waals surface area (Å²) < 4.78 is 1.28. The number of benzene rings is 1. The van der Waals surface area contributed by atoms with Crippen molar-refractivity contribution in [3.8, 4) is 0 Å². The molecular formula is C17H19N3S. The molecule has 2 heterocycles. The fraction of sp³-hybridized carbons (Fsp3) is 0.235. The van der Waals surface area contributed by atoms with Crippen molar-refractivity contribution in [1.82, 2.24) is 4.98 Å². The molecule has 0 radical (unpaired) electrons. The molecule has 2 N–H and O–H groups in total. The second-order valence-electron chi connectivity index (χ2n) is 5.02. The number of aromatic nitrogens is 1. The van der Waals surface area contributed by atoms with Crippen molar-refractivity contribution < 1.29 is 0 Å². The van der Waals surface area contributed by atoms with E-state index in [4.69, 9.17) is 5.73 Å². The van der Waals surface area contributed by atoms with Gasteiger partial charge >= 0.3 is 0 Å². The normalized spacial score (nSPS) is 10.9. The molecule has 0 saturated heterocycles. The largest absolute Gasteiger partial charge is 0.352 e. The second kappa shape index (κ2) is 6.70. The van der Waals surface area contributed by atoms with Crippen LogP contribution in [0.5, 0.6) is 0 Å². The van der Waals surface area contributed by atoms with Crippen LogP contribution in [-0.2, 0) is 6.54 Å². The van der Waals surface area contributed by atoms with E-state index in [1.165, 1.54) is 15.6 Å². The molecule has 4 heteroatoms. The zero-order chi connectivity index (χ0) is 14.5. The van der Waals surface area contributed by atoms with Gasteiger partial charge < -0.3 is 10.6 Å². The molecule has 0 aliphatic rings. The molecule has 0 aliphatic heterocycles. The van der Waals surface area contributed by atoms with Gasteiger partial charge in [-0.2, -0.15) is 0 Å². The van der Waals surface area contributed by atoms with Crippen molar-refractivity contribution >= 4 is 27.2 Å². The van der Waals surface area contributed by atoms with Crippen LogP contribution in [0.1, 0.15) is 12.0 Å². The van der Waals surface area contributed by atoms with Gasteiger partial charge in [0.25, 0.3) is 0 Å². The first kappa shape index (κ1) is 14.0. The van der Waals surface area contributed by atoms with Gasteiger partial charge in [-0.1, -0.05) is 30.3 Å². The molecule has 0 fully saturated rings. The molecule has 0 spiro atoms. The minimum atomic E-state index is 0.699. The first-order valence-electron chi connectivity index (χ1n) is 7.19. The third-order valence-corrected chi connectivity index (χ3v) is 4.39. The molecule has 2 aromatic heterocycles. The second-order valence-corrected chi connectivity index (χ2v) is 5.96. The number of hydrogen-bond donors (Lipinski definition) is 1. The molecule has 0 amide bonds. The zero-order valence-corrected chi connectivity index (χ0v) is 12.7. The molecule has 0 unspecified atom stereocenters.